The van der Waals surface area contributed by atoms with Gasteiger partial charge in [0.15, 0.2) is 0 Å². The highest BCUT2D eigenvalue weighted by Gasteiger charge is 2.12. The largest absolute Gasteiger partial charge is 0.393 e. The Bertz CT molecular complexity index is 107. The van der Waals surface area contributed by atoms with E-state index in [1.165, 1.54) is 0 Å². The lowest BCUT2D eigenvalue weighted by Crippen LogP contribution is -2.16. The molecule has 0 saturated heterocycles. The van der Waals surface area contributed by atoms with Gasteiger partial charge in [0.1, 0.15) is 0 Å². The Balaban J connectivity index is 3.86. The highest BCUT2D eigenvalue weighted by atomic mass is 16.3. The molecule has 1 heteroatoms. The summed E-state index contributed by atoms with van der Waals surface area (Å²) in [7, 11) is 0. The van der Waals surface area contributed by atoms with E-state index >= 15 is 0 Å². The SMILES string of the molecule is CC=CC(CCC)C(O)CC. The lowest BCUT2D eigenvalue weighted by atomic mass is 9.95. The van der Waals surface area contributed by atoms with Gasteiger partial charge in [0, 0.05) is 5.92 Å². The topological polar surface area (TPSA) is 20.2 Å². The normalized spacial score (nSPS) is 17.1. The number of allylic oxidation sites excluding steroid dienone is 1. The molecule has 0 bridgehead atoms. The van der Waals surface area contributed by atoms with E-state index in [-0.39, 0.29) is 6.10 Å². The Morgan fingerprint density at radius 2 is 2.00 bits per heavy atom. The molecule has 0 aliphatic carbocycles. The van der Waals surface area contributed by atoms with Crippen molar-refractivity contribution in [1.82, 2.24) is 0 Å². The molecule has 0 aromatic heterocycles. The van der Waals surface area contributed by atoms with Crippen molar-refractivity contribution in [2.24, 2.45) is 5.92 Å². The van der Waals surface area contributed by atoms with Crippen LogP contribution >= 0.6 is 0 Å². The molecule has 66 valence electrons. The third kappa shape index (κ3) is 4.20. The first kappa shape index (κ1) is 10.7. The second kappa shape index (κ2) is 6.41. The maximum absolute atomic E-state index is 9.53. The van der Waals surface area contributed by atoms with Crippen LogP contribution in [0.1, 0.15) is 40.0 Å². The molecule has 0 saturated carbocycles. The van der Waals surface area contributed by atoms with E-state index < -0.39 is 0 Å². The molecule has 0 spiro atoms. The predicted molar refractivity (Wildman–Crippen MR) is 49.5 cm³/mol. The maximum atomic E-state index is 9.53. The fraction of sp³-hybridized carbons (Fsp3) is 0.800. The first-order valence-corrected chi connectivity index (χ1v) is 4.57. The molecule has 2 unspecified atom stereocenters. The standard InChI is InChI=1S/C10H20O/c1-4-7-9(8-5-2)10(11)6-3/h4,7,9-11H,5-6,8H2,1-3H3. The molecular formula is C10H20O. The average Bonchev–Trinajstić information content (AvgIpc) is 2.03. The molecule has 0 aromatic carbocycles. The molecule has 0 heterocycles. The van der Waals surface area contributed by atoms with Crippen LogP contribution in [0.3, 0.4) is 0 Å². The van der Waals surface area contributed by atoms with Gasteiger partial charge in [-0.3, -0.25) is 0 Å². The molecule has 1 N–H and O–H groups in total. The maximum Gasteiger partial charge on any atom is 0.0600 e. The van der Waals surface area contributed by atoms with E-state index in [0.29, 0.717) is 5.92 Å². The minimum absolute atomic E-state index is 0.147. The van der Waals surface area contributed by atoms with E-state index in [2.05, 4.69) is 13.0 Å². The summed E-state index contributed by atoms with van der Waals surface area (Å²) in [6.45, 7) is 6.18. The summed E-state index contributed by atoms with van der Waals surface area (Å²) in [6, 6.07) is 0. The molecule has 1 nitrogen and oxygen atoms in total. The van der Waals surface area contributed by atoms with Gasteiger partial charge in [-0.25, -0.2) is 0 Å². The molecule has 2 atom stereocenters. The van der Waals surface area contributed by atoms with Gasteiger partial charge >= 0.3 is 0 Å². The summed E-state index contributed by atoms with van der Waals surface area (Å²) in [5.74, 6) is 0.370. The molecule has 0 radical (unpaired) electrons. The van der Waals surface area contributed by atoms with Crippen LogP contribution < -0.4 is 0 Å². The van der Waals surface area contributed by atoms with Crippen LogP contribution in [0, 0.1) is 5.92 Å². The molecular weight excluding hydrogens is 136 g/mol. The van der Waals surface area contributed by atoms with Gasteiger partial charge in [-0.1, -0.05) is 32.4 Å². The van der Waals surface area contributed by atoms with Gasteiger partial charge < -0.3 is 5.11 Å². The molecule has 0 rings (SSSR count). The van der Waals surface area contributed by atoms with E-state index in [0.717, 1.165) is 19.3 Å². The Hall–Kier alpha value is -0.300. The predicted octanol–water partition coefficient (Wildman–Crippen LogP) is 2.75. The van der Waals surface area contributed by atoms with Crippen molar-refractivity contribution in [3.63, 3.8) is 0 Å². The smallest absolute Gasteiger partial charge is 0.0600 e. The molecule has 0 aromatic rings. The van der Waals surface area contributed by atoms with Gasteiger partial charge in [-0.2, -0.15) is 0 Å². The Morgan fingerprint density at radius 1 is 1.36 bits per heavy atom. The Kier molecular flexibility index (Phi) is 6.24. The van der Waals surface area contributed by atoms with Crippen LogP contribution in [-0.4, -0.2) is 11.2 Å². The van der Waals surface area contributed by atoms with E-state index in [9.17, 15) is 5.11 Å². The van der Waals surface area contributed by atoms with Crippen molar-refractivity contribution in [3.8, 4) is 0 Å². The summed E-state index contributed by atoms with van der Waals surface area (Å²) >= 11 is 0. The summed E-state index contributed by atoms with van der Waals surface area (Å²) in [6.07, 6.45) is 7.09. The first-order valence-electron chi connectivity index (χ1n) is 4.57. The molecule has 11 heavy (non-hydrogen) atoms. The summed E-state index contributed by atoms with van der Waals surface area (Å²) < 4.78 is 0. The van der Waals surface area contributed by atoms with Crippen molar-refractivity contribution in [2.45, 2.75) is 46.1 Å². The zero-order chi connectivity index (χ0) is 8.69. The minimum Gasteiger partial charge on any atom is -0.393 e. The van der Waals surface area contributed by atoms with Crippen molar-refractivity contribution in [1.29, 1.82) is 0 Å². The van der Waals surface area contributed by atoms with Crippen molar-refractivity contribution in [2.75, 3.05) is 0 Å². The molecule has 0 aliphatic rings. The van der Waals surface area contributed by atoms with Crippen LogP contribution in [0.15, 0.2) is 12.2 Å². The lowest BCUT2D eigenvalue weighted by molar-refractivity contribution is 0.121. The third-order valence-electron chi connectivity index (χ3n) is 1.97. The van der Waals surface area contributed by atoms with E-state index in [1.54, 1.807) is 0 Å². The Labute approximate surface area is 70.1 Å². The molecule has 0 fully saturated rings. The molecule has 0 amide bonds. The second-order valence-electron chi connectivity index (χ2n) is 2.95. The number of hydrogen-bond acceptors (Lipinski definition) is 1. The summed E-state index contributed by atoms with van der Waals surface area (Å²) in [5.41, 5.74) is 0. The van der Waals surface area contributed by atoms with Gasteiger partial charge in [0.05, 0.1) is 6.10 Å². The number of aliphatic hydroxyl groups is 1. The zero-order valence-electron chi connectivity index (χ0n) is 7.88. The fourth-order valence-electron chi connectivity index (χ4n) is 1.30. The van der Waals surface area contributed by atoms with Crippen molar-refractivity contribution in [3.05, 3.63) is 12.2 Å². The van der Waals surface area contributed by atoms with Crippen molar-refractivity contribution < 1.29 is 5.11 Å². The van der Waals surface area contributed by atoms with Gasteiger partial charge in [-0.15, -0.1) is 0 Å². The van der Waals surface area contributed by atoms with Crippen LogP contribution in [-0.2, 0) is 0 Å². The first-order chi connectivity index (χ1) is 5.26. The van der Waals surface area contributed by atoms with Gasteiger partial charge in [-0.05, 0) is 19.8 Å². The monoisotopic (exact) mass is 156 g/mol. The van der Waals surface area contributed by atoms with E-state index in [1.807, 2.05) is 19.9 Å². The summed E-state index contributed by atoms with van der Waals surface area (Å²) in [4.78, 5) is 0. The van der Waals surface area contributed by atoms with E-state index in [4.69, 9.17) is 0 Å². The average molecular weight is 156 g/mol. The fourth-order valence-corrected chi connectivity index (χ4v) is 1.30. The summed E-state index contributed by atoms with van der Waals surface area (Å²) in [5, 5.41) is 9.53. The van der Waals surface area contributed by atoms with Gasteiger partial charge in [0.25, 0.3) is 0 Å². The highest BCUT2D eigenvalue weighted by molar-refractivity contribution is 4.88. The zero-order valence-corrected chi connectivity index (χ0v) is 7.88. The van der Waals surface area contributed by atoms with Crippen LogP contribution in [0.25, 0.3) is 0 Å². The lowest BCUT2D eigenvalue weighted by Gasteiger charge is -2.17. The number of aliphatic hydroxyl groups excluding tert-OH is 1. The molecule has 0 aliphatic heterocycles. The number of rotatable bonds is 5. The van der Waals surface area contributed by atoms with Gasteiger partial charge in [0.2, 0.25) is 0 Å². The van der Waals surface area contributed by atoms with Crippen LogP contribution in [0.4, 0.5) is 0 Å². The van der Waals surface area contributed by atoms with Crippen molar-refractivity contribution >= 4 is 0 Å². The second-order valence-corrected chi connectivity index (χ2v) is 2.95. The highest BCUT2D eigenvalue weighted by Crippen LogP contribution is 2.15. The quantitative estimate of drug-likeness (QED) is 0.607. The van der Waals surface area contributed by atoms with Crippen LogP contribution in [0.5, 0.6) is 0 Å². The Morgan fingerprint density at radius 3 is 2.36 bits per heavy atom. The minimum atomic E-state index is -0.147. The number of hydrogen-bond donors (Lipinski definition) is 1. The van der Waals surface area contributed by atoms with Crippen LogP contribution in [0.2, 0.25) is 0 Å². The third-order valence-corrected chi connectivity index (χ3v) is 1.97.